The van der Waals surface area contributed by atoms with Crippen LogP contribution in [0.3, 0.4) is 0 Å². The summed E-state index contributed by atoms with van der Waals surface area (Å²) in [7, 11) is -4.41. The van der Waals surface area contributed by atoms with Crippen molar-refractivity contribution in [1.82, 2.24) is 5.32 Å². The average molecular weight is 846 g/mol. The molecule has 0 aromatic carbocycles. The van der Waals surface area contributed by atoms with E-state index in [0.29, 0.717) is 12.8 Å². The molecule has 0 aromatic heterocycles. The zero-order valence-corrected chi connectivity index (χ0v) is 39.2. The largest absolute Gasteiger partial charge is 0.472 e. The van der Waals surface area contributed by atoms with E-state index in [4.69, 9.17) is 13.8 Å². The van der Waals surface area contributed by atoms with Gasteiger partial charge in [0, 0.05) is 19.4 Å². The van der Waals surface area contributed by atoms with Crippen molar-refractivity contribution in [3.63, 3.8) is 0 Å². The molecule has 0 aromatic rings. The Hall–Kier alpha value is -0.990. The van der Waals surface area contributed by atoms with Crippen LogP contribution in [0.1, 0.15) is 264 Å². The molecule has 0 heterocycles. The first kappa shape index (κ1) is 57.0. The summed E-state index contributed by atoms with van der Waals surface area (Å²) in [5.41, 5.74) is 0. The lowest BCUT2D eigenvalue weighted by Crippen LogP contribution is -2.27. The monoisotopic (exact) mass is 846 g/mol. The normalized spacial score (nSPS) is 13.1. The molecule has 10 heteroatoms. The van der Waals surface area contributed by atoms with Gasteiger partial charge >= 0.3 is 13.8 Å². The number of hydrogen-bond acceptors (Lipinski definition) is 7. The summed E-state index contributed by atoms with van der Waals surface area (Å²) in [6, 6.07) is 0. The van der Waals surface area contributed by atoms with Gasteiger partial charge in [0.1, 0.15) is 12.7 Å². The number of amides is 1. The minimum atomic E-state index is -4.41. The Bertz CT molecular complexity index is 922. The SMILES string of the molecule is CCCCCCCCCCCCCCCCCCCCCCCCC(=O)OCC(O)COP(=O)(O)OCCNC(=O)CCCCCCCCCCCCCCCCC. The smallest absolute Gasteiger partial charge is 0.463 e. The fraction of sp³-hybridized carbons (Fsp3) is 0.958. The maximum Gasteiger partial charge on any atom is 0.472 e. The second-order valence-electron chi connectivity index (χ2n) is 17.2. The molecule has 2 unspecified atom stereocenters. The Morgan fingerprint density at radius 3 is 1.12 bits per heavy atom. The molecular formula is C48H96NO8P. The standard InChI is InChI=1S/C48H96NO8P/c1-3-5-7-9-11-13-15-17-19-20-21-22-23-24-25-27-29-31-33-35-37-39-41-48(52)55-44-46(50)45-57-58(53,54)56-43-42-49-47(51)40-38-36-34-32-30-28-26-18-16-14-12-10-8-6-4-2/h46,50H,3-45H2,1-2H3,(H,49,51)(H,53,54). The minimum absolute atomic E-state index is 0.0885. The molecule has 0 spiro atoms. The van der Waals surface area contributed by atoms with Crippen LogP contribution in [0.5, 0.6) is 0 Å². The van der Waals surface area contributed by atoms with E-state index in [2.05, 4.69) is 19.2 Å². The van der Waals surface area contributed by atoms with Crippen molar-refractivity contribution in [2.45, 2.75) is 270 Å². The molecule has 0 rings (SSSR count). The van der Waals surface area contributed by atoms with E-state index < -0.39 is 26.5 Å². The van der Waals surface area contributed by atoms with Gasteiger partial charge in [-0.05, 0) is 12.8 Å². The predicted octanol–water partition coefficient (Wildman–Crippen LogP) is 14.4. The molecule has 2 atom stereocenters. The zero-order valence-electron chi connectivity index (χ0n) is 38.3. The molecule has 0 aliphatic heterocycles. The van der Waals surface area contributed by atoms with Gasteiger partial charge in [-0.2, -0.15) is 0 Å². The number of hydrogen-bond donors (Lipinski definition) is 3. The first-order valence-electron chi connectivity index (χ1n) is 25.0. The Labute approximate surface area is 358 Å². The van der Waals surface area contributed by atoms with Crippen molar-refractivity contribution in [3.05, 3.63) is 0 Å². The van der Waals surface area contributed by atoms with Crippen LogP contribution in [-0.2, 0) is 27.9 Å². The van der Waals surface area contributed by atoms with Gasteiger partial charge in [-0.1, -0.05) is 239 Å². The quantitative estimate of drug-likeness (QED) is 0.0313. The van der Waals surface area contributed by atoms with Crippen LogP contribution in [0.2, 0.25) is 0 Å². The molecule has 0 fully saturated rings. The number of carbonyl (C=O) groups excluding carboxylic acids is 2. The van der Waals surface area contributed by atoms with Gasteiger partial charge < -0.3 is 20.1 Å². The third kappa shape index (κ3) is 46.1. The molecule has 346 valence electrons. The lowest BCUT2D eigenvalue weighted by Gasteiger charge is -2.15. The predicted molar refractivity (Wildman–Crippen MR) is 243 cm³/mol. The zero-order chi connectivity index (χ0) is 42.5. The number of phosphoric ester groups is 1. The first-order chi connectivity index (χ1) is 28.3. The van der Waals surface area contributed by atoms with E-state index in [0.717, 1.165) is 38.5 Å². The van der Waals surface area contributed by atoms with E-state index in [1.54, 1.807) is 0 Å². The second kappa shape index (κ2) is 45.5. The highest BCUT2D eigenvalue weighted by molar-refractivity contribution is 7.47. The summed E-state index contributed by atoms with van der Waals surface area (Å²) >= 11 is 0. The van der Waals surface area contributed by atoms with Crippen LogP contribution in [-0.4, -0.2) is 54.3 Å². The number of aliphatic hydroxyl groups excluding tert-OH is 1. The number of nitrogens with one attached hydrogen (secondary N) is 1. The van der Waals surface area contributed by atoms with Gasteiger partial charge in [-0.25, -0.2) is 4.57 Å². The van der Waals surface area contributed by atoms with Gasteiger partial charge in [0.25, 0.3) is 0 Å². The number of carbonyl (C=O) groups is 2. The Morgan fingerprint density at radius 1 is 0.466 bits per heavy atom. The molecular weight excluding hydrogens is 750 g/mol. The van der Waals surface area contributed by atoms with Crippen molar-refractivity contribution in [2.24, 2.45) is 0 Å². The fourth-order valence-corrected chi connectivity index (χ4v) is 8.26. The van der Waals surface area contributed by atoms with Gasteiger partial charge in [0.2, 0.25) is 5.91 Å². The van der Waals surface area contributed by atoms with Crippen LogP contribution in [0.15, 0.2) is 0 Å². The van der Waals surface area contributed by atoms with E-state index in [1.807, 2.05) is 0 Å². The Morgan fingerprint density at radius 2 is 0.776 bits per heavy atom. The van der Waals surface area contributed by atoms with Crippen LogP contribution in [0, 0.1) is 0 Å². The van der Waals surface area contributed by atoms with E-state index in [-0.39, 0.29) is 25.7 Å². The maximum atomic E-state index is 12.1. The highest BCUT2D eigenvalue weighted by Crippen LogP contribution is 2.42. The molecule has 0 aliphatic carbocycles. The van der Waals surface area contributed by atoms with E-state index in [1.165, 1.54) is 199 Å². The molecule has 0 radical (unpaired) electrons. The van der Waals surface area contributed by atoms with Gasteiger partial charge in [-0.3, -0.25) is 18.6 Å². The summed E-state index contributed by atoms with van der Waals surface area (Å²) in [5.74, 6) is -0.499. The first-order valence-corrected chi connectivity index (χ1v) is 26.5. The van der Waals surface area contributed by atoms with Crippen molar-refractivity contribution >= 4 is 19.7 Å². The molecule has 3 N–H and O–H groups in total. The van der Waals surface area contributed by atoms with Crippen molar-refractivity contribution in [1.29, 1.82) is 0 Å². The fourth-order valence-electron chi connectivity index (χ4n) is 7.50. The Kier molecular flexibility index (Phi) is 44.8. The number of esters is 1. The number of phosphoric acid groups is 1. The molecule has 0 saturated heterocycles. The third-order valence-electron chi connectivity index (χ3n) is 11.3. The van der Waals surface area contributed by atoms with Crippen molar-refractivity contribution in [2.75, 3.05) is 26.4 Å². The number of unbranched alkanes of at least 4 members (excludes halogenated alkanes) is 35. The summed E-state index contributed by atoms with van der Waals surface area (Å²) in [6.07, 6.45) is 47.6. The second-order valence-corrected chi connectivity index (χ2v) is 18.6. The van der Waals surface area contributed by atoms with Crippen LogP contribution in [0.4, 0.5) is 0 Å². The van der Waals surface area contributed by atoms with Crippen LogP contribution in [0.25, 0.3) is 0 Å². The topological polar surface area (TPSA) is 131 Å². The van der Waals surface area contributed by atoms with Crippen LogP contribution >= 0.6 is 7.82 Å². The summed E-state index contributed by atoms with van der Waals surface area (Å²) in [5, 5.41) is 12.7. The third-order valence-corrected chi connectivity index (χ3v) is 12.3. The Balaban J connectivity index is 3.50. The molecule has 1 amide bonds. The summed E-state index contributed by atoms with van der Waals surface area (Å²) in [6.45, 7) is 3.62. The molecule has 58 heavy (non-hydrogen) atoms. The number of ether oxygens (including phenoxy) is 1. The van der Waals surface area contributed by atoms with E-state index >= 15 is 0 Å². The summed E-state index contributed by atoms with van der Waals surface area (Å²) < 4.78 is 27.0. The van der Waals surface area contributed by atoms with Crippen molar-refractivity contribution in [3.8, 4) is 0 Å². The molecule has 0 bridgehead atoms. The lowest BCUT2D eigenvalue weighted by atomic mass is 10.0. The van der Waals surface area contributed by atoms with Gasteiger partial charge in [-0.15, -0.1) is 0 Å². The van der Waals surface area contributed by atoms with Crippen molar-refractivity contribution < 1.29 is 37.9 Å². The summed E-state index contributed by atoms with van der Waals surface area (Å²) in [4.78, 5) is 34.0. The molecule has 9 nitrogen and oxygen atoms in total. The minimum Gasteiger partial charge on any atom is -0.463 e. The molecule has 0 saturated carbocycles. The van der Waals surface area contributed by atoms with E-state index in [9.17, 15) is 24.2 Å². The average Bonchev–Trinajstić information content (AvgIpc) is 3.21. The number of rotatable bonds is 48. The number of aliphatic hydroxyl groups is 1. The molecule has 0 aliphatic rings. The van der Waals surface area contributed by atoms with Gasteiger partial charge in [0.15, 0.2) is 0 Å². The van der Waals surface area contributed by atoms with Crippen LogP contribution < -0.4 is 5.32 Å². The highest BCUT2D eigenvalue weighted by Gasteiger charge is 2.23. The maximum absolute atomic E-state index is 12.1. The van der Waals surface area contributed by atoms with Gasteiger partial charge in [0.05, 0.1) is 13.2 Å². The highest BCUT2D eigenvalue weighted by atomic mass is 31.2. The lowest BCUT2D eigenvalue weighted by molar-refractivity contribution is -0.147.